The second-order valence-corrected chi connectivity index (χ2v) is 7.69. The molecule has 0 atom stereocenters. The quantitative estimate of drug-likeness (QED) is 0.834. The first-order valence-corrected chi connectivity index (χ1v) is 10.3. The summed E-state index contributed by atoms with van der Waals surface area (Å²) in [5.74, 6) is 0.00326. The number of amides is 1. The summed E-state index contributed by atoms with van der Waals surface area (Å²) in [5.41, 5.74) is 2.65. The lowest BCUT2D eigenvalue weighted by Gasteiger charge is -2.40. The summed E-state index contributed by atoms with van der Waals surface area (Å²) in [6.45, 7) is 6.22. The third-order valence-corrected chi connectivity index (χ3v) is 5.98. The molecule has 0 unspecified atom stereocenters. The van der Waals surface area contributed by atoms with Gasteiger partial charge in [0.05, 0.1) is 11.9 Å². The molecule has 1 amide bonds. The molecule has 0 N–H and O–H groups in total. The second-order valence-electron chi connectivity index (χ2n) is 7.69. The molecule has 27 heavy (non-hydrogen) atoms. The summed E-state index contributed by atoms with van der Waals surface area (Å²) in [6, 6.07) is 8.85. The van der Waals surface area contributed by atoms with E-state index in [2.05, 4.69) is 34.3 Å². The van der Waals surface area contributed by atoms with Crippen molar-refractivity contribution in [3.05, 3.63) is 41.7 Å². The fourth-order valence-corrected chi connectivity index (χ4v) is 4.25. The van der Waals surface area contributed by atoms with Crippen molar-refractivity contribution in [3.63, 3.8) is 0 Å². The van der Waals surface area contributed by atoms with Crippen LogP contribution in [0.1, 0.15) is 55.1 Å². The predicted molar refractivity (Wildman–Crippen MR) is 105 cm³/mol. The number of carbonyl (C=O) groups is 1. The van der Waals surface area contributed by atoms with E-state index in [-0.39, 0.29) is 5.91 Å². The van der Waals surface area contributed by atoms with Crippen LogP contribution in [0.2, 0.25) is 0 Å². The van der Waals surface area contributed by atoms with Crippen LogP contribution in [0.4, 0.5) is 0 Å². The molecule has 6 nitrogen and oxygen atoms in total. The highest BCUT2D eigenvalue weighted by Gasteiger charge is 2.29. The van der Waals surface area contributed by atoms with E-state index in [4.69, 9.17) is 0 Å². The van der Waals surface area contributed by atoms with Crippen LogP contribution in [0.15, 0.2) is 30.5 Å². The number of piperidine rings is 2. The van der Waals surface area contributed by atoms with Gasteiger partial charge in [-0.25, -0.2) is 4.68 Å². The molecule has 2 aliphatic rings. The number of hydrogen-bond donors (Lipinski definition) is 0. The number of nitrogens with zero attached hydrogens (tertiary/aromatic N) is 5. The molecule has 1 aromatic carbocycles. The lowest BCUT2D eigenvalue weighted by atomic mass is 10.00. The molecule has 0 bridgehead atoms. The maximum Gasteiger partial charge on any atom is 0.276 e. The van der Waals surface area contributed by atoms with Gasteiger partial charge >= 0.3 is 0 Å². The van der Waals surface area contributed by atoms with Crippen LogP contribution in [0.3, 0.4) is 0 Å². The Balaban J connectivity index is 1.36. The predicted octanol–water partition coefficient (Wildman–Crippen LogP) is 2.92. The Bertz CT molecular complexity index is 755. The molecular weight excluding hydrogens is 338 g/mol. The normalized spacial score (nSPS) is 19.4. The highest BCUT2D eigenvalue weighted by Crippen LogP contribution is 2.21. The molecule has 0 saturated carbocycles. The highest BCUT2D eigenvalue weighted by atomic mass is 16.2. The lowest BCUT2D eigenvalue weighted by Crippen LogP contribution is -2.48. The van der Waals surface area contributed by atoms with E-state index in [1.54, 1.807) is 10.9 Å². The van der Waals surface area contributed by atoms with E-state index in [0.29, 0.717) is 11.7 Å². The minimum Gasteiger partial charge on any atom is -0.337 e. The molecular formula is C21H29N5O. The lowest BCUT2D eigenvalue weighted by molar-refractivity contribution is 0.0584. The van der Waals surface area contributed by atoms with Crippen LogP contribution in [0, 0.1) is 0 Å². The fourth-order valence-electron chi connectivity index (χ4n) is 4.25. The van der Waals surface area contributed by atoms with Gasteiger partial charge in [-0.3, -0.25) is 4.79 Å². The molecule has 3 heterocycles. The van der Waals surface area contributed by atoms with Gasteiger partial charge in [0.1, 0.15) is 0 Å². The Morgan fingerprint density at radius 2 is 1.74 bits per heavy atom. The van der Waals surface area contributed by atoms with E-state index in [1.165, 1.54) is 37.9 Å². The molecule has 2 aromatic rings. The Morgan fingerprint density at radius 3 is 2.41 bits per heavy atom. The average Bonchev–Trinajstić information content (AvgIpc) is 3.24. The van der Waals surface area contributed by atoms with Crippen molar-refractivity contribution in [2.45, 2.75) is 51.5 Å². The van der Waals surface area contributed by atoms with E-state index < -0.39 is 0 Å². The van der Waals surface area contributed by atoms with Crippen molar-refractivity contribution in [3.8, 4) is 5.69 Å². The molecule has 2 fully saturated rings. The summed E-state index contributed by atoms with van der Waals surface area (Å²) in [4.78, 5) is 17.4. The fraction of sp³-hybridized carbons (Fsp3) is 0.571. The number of aromatic nitrogens is 3. The molecule has 0 radical (unpaired) electrons. The van der Waals surface area contributed by atoms with Gasteiger partial charge in [-0.2, -0.15) is 0 Å². The number of benzene rings is 1. The van der Waals surface area contributed by atoms with E-state index >= 15 is 0 Å². The van der Waals surface area contributed by atoms with Gasteiger partial charge in [0.15, 0.2) is 5.69 Å². The van der Waals surface area contributed by atoms with Crippen LogP contribution in [-0.4, -0.2) is 62.9 Å². The summed E-state index contributed by atoms with van der Waals surface area (Å²) >= 11 is 0. The van der Waals surface area contributed by atoms with Gasteiger partial charge < -0.3 is 9.80 Å². The Hall–Kier alpha value is -2.21. The Kier molecular flexibility index (Phi) is 5.53. The van der Waals surface area contributed by atoms with Gasteiger partial charge in [0.25, 0.3) is 5.91 Å². The standard InChI is InChI=1S/C21H29N5O/c1-2-17-6-8-19(9-7-17)26-16-20(22-23-26)21(27)25-14-10-18(11-15-25)24-12-4-3-5-13-24/h6-9,16,18H,2-5,10-15H2,1H3. The van der Waals surface area contributed by atoms with Crippen molar-refractivity contribution < 1.29 is 4.79 Å². The van der Waals surface area contributed by atoms with Gasteiger partial charge in [-0.15, -0.1) is 5.10 Å². The summed E-state index contributed by atoms with van der Waals surface area (Å²) < 4.78 is 1.69. The first-order chi connectivity index (χ1) is 13.2. The van der Waals surface area contributed by atoms with Crippen molar-refractivity contribution in [1.29, 1.82) is 0 Å². The topological polar surface area (TPSA) is 54.3 Å². The number of aryl methyl sites for hydroxylation is 1. The van der Waals surface area contributed by atoms with Crippen LogP contribution in [-0.2, 0) is 6.42 Å². The van der Waals surface area contributed by atoms with Gasteiger partial charge in [-0.1, -0.05) is 30.7 Å². The first-order valence-electron chi connectivity index (χ1n) is 10.3. The molecule has 2 saturated heterocycles. The maximum absolute atomic E-state index is 12.8. The molecule has 1 aromatic heterocycles. The number of likely N-dealkylation sites (tertiary alicyclic amines) is 2. The van der Waals surface area contributed by atoms with E-state index in [1.807, 2.05) is 17.0 Å². The monoisotopic (exact) mass is 367 g/mol. The summed E-state index contributed by atoms with van der Waals surface area (Å²) in [5, 5.41) is 8.29. The molecule has 4 rings (SSSR count). The zero-order chi connectivity index (χ0) is 18.6. The summed E-state index contributed by atoms with van der Waals surface area (Å²) in [7, 11) is 0. The molecule has 2 aliphatic heterocycles. The van der Waals surface area contributed by atoms with E-state index in [9.17, 15) is 4.79 Å². The molecule has 6 heteroatoms. The first kappa shape index (κ1) is 18.2. The zero-order valence-corrected chi connectivity index (χ0v) is 16.2. The van der Waals surface area contributed by atoms with Crippen molar-refractivity contribution in [2.75, 3.05) is 26.2 Å². The van der Waals surface area contributed by atoms with Gasteiger partial charge in [-0.05, 0) is 62.9 Å². The molecule has 0 spiro atoms. The van der Waals surface area contributed by atoms with Crippen LogP contribution < -0.4 is 0 Å². The molecule has 0 aliphatic carbocycles. The maximum atomic E-state index is 12.8. The van der Waals surface area contributed by atoms with Crippen molar-refractivity contribution in [1.82, 2.24) is 24.8 Å². The third kappa shape index (κ3) is 4.05. The smallest absolute Gasteiger partial charge is 0.276 e. The van der Waals surface area contributed by atoms with Crippen molar-refractivity contribution >= 4 is 5.91 Å². The Morgan fingerprint density at radius 1 is 1.04 bits per heavy atom. The third-order valence-electron chi connectivity index (χ3n) is 5.98. The van der Waals surface area contributed by atoms with Gasteiger partial charge in [0.2, 0.25) is 0 Å². The largest absolute Gasteiger partial charge is 0.337 e. The van der Waals surface area contributed by atoms with E-state index in [0.717, 1.165) is 38.0 Å². The van der Waals surface area contributed by atoms with Crippen LogP contribution >= 0.6 is 0 Å². The minimum atomic E-state index is 0.00326. The number of rotatable bonds is 4. The molecule has 144 valence electrons. The van der Waals surface area contributed by atoms with Gasteiger partial charge in [0, 0.05) is 19.1 Å². The SMILES string of the molecule is CCc1ccc(-n2cc(C(=O)N3CCC(N4CCCCC4)CC3)nn2)cc1. The second kappa shape index (κ2) is 8.21. The number of hydrogen-bond acceptors (Lipinski definition) is 4. The van der Waals surface area contributed by atoms with Crippen LogP contribution in [0.5, 0.6) is 0 Å². The Labute approximate surface area is 161 Å². The zero-order valence-electron chi connectivity index (χ0n) is 16.2. The van der Waals surface area contributed by atoms with Crippen molar-refractivity contribution in [2.24, 2.45) is 0 Å². The average molecular weight is 367 g/mol. The minimum absolute atomic E-state index is 0.00326. The number of carbonyl (C=O) groups excluding carboxylic acids is 1. The van der Waals surface area contributed by atoms with Crippen LogP contribution in [0.25, 0.3) is 5.69 Å². The summed E-state index contributed by atoms with van der Waals surface area (Å²) in [6.07, 6.45) is 8.90. The highest BCUT2D eigenvalue weighted by molar-refractivity contribution is 5.92.